The summed E-state index contributed by atoms with van der Waals surface area (Å²) in [7, 11) is 3.07. The van der Waals surface area contributed by atoms with Crippen LogP contribution in [0.1, 0.15) is 18.9 Å². The Morgan fingerprint density at radius 2 is 2.00 bits per heavy atom. The molecule has 0 radical (unpaired) electrons. The molecule has 1 N–H and O–H groups in total. The molecule has 0 aromatic carbocycles. The number of alkyl halides is 3. The van der Waals surface area contributed by atoms with Gasteiger partial charge < -0.3 is 10.2 Å². The number of hydrogen-bond acceptors (Lipinski definition) is 4. The average molecular weight is 262 g/mol. The summed E-state index contributed by atoms with van der Waals surface area (Å²) in [6, 6.07) is 0. The van der Waals surface area contributed by atoms with Crippen molar-refractivity contribution in [1.82, 2.24) is 9.97 Å². The lowest BCUT2D eigenvalue weighted by Crippen LogP contribution is -2.32. The predicted octanol–water partition coefficient (Wildman–Crippen LogP) is 2.47. The molecule has 0 saturated carbocycles. The highest BCUT2D eigenvalue weighted by Gasteiger charge is 2.30. The van der Waals surface area contributed by atoms with Crippen LogP contribution in [0.25, 0.3) is 0 Å². The van der Waals surface area contributed by atoms with E-state index in [0.717, 1.165) is 11.3 Å². The number of nitrogens with zero attached hydrogens (tertiary/aromatic N) is 3. The van der Waals surface area contributed by atoms with Gasteiger partial charge in [-0.25, -0.2) is 9.97 Å². The van der Waals surface area contributed by atoms with Crippen LogP contribution in [0.2, 0.25) is 0 Å². The normalized spacial score (nSPS) is 11.4. The third-order valence-corrected chi connectivity index (χ3v) is 2.44. The van der Waals surface area contributed by atoms with Crippen LogP contribution < -0.4 is 10.2 Å². The molecule has 1 heterocycles. The molecular weight excluding hydrogens is 245 g/mol. The predicted molar refractivity (Wildman–Crippen MR) is 64.9 cm³/mol. The number of halogens is 3. The minimum absolute atomic E-state index is 0.327. The Balaban J connectivity index is 3.06. The van der Waals surface area contributed by atoms with Crippen molar-refractivity contribution in [3.05, 3.63) is 11.9 Å². The molecule has 1 rings (SSSR count). The van der Waals surface area contributed by atoms with Crippen molar-refractivity contribution in [1.29, 1.82) is 0 Å². The van der Waals surface area contributed by atoms with E-state index in [2.05, 4.69) is 15.3 Å². The number of nitrogens with one attached hydrogen (secondary N) is 1. The zero-order valence-electron chi connectivity index (χ0n) is 10.7. The topological polar surface area (TPSA) is 41.1 Å². The molecule has 0 atom stereocenters. The summed E-state index contributed by atoms with van der Waals surface area (Å²) in [5, 5.41) is 2.88. The van der Waals surface area contributed by atoms with Crippen molar-refractivity contribution < 1.29 is 13.2 Å². The molecule has 0 unspecified atom stereocenters. The molecule has 18 heavy (non-hydrogen) atoms. The fraction of sp³-hybridized carbons (Fsp3) is 0.636. The van der Waals surface area contributed by atoms with E-state index in [1.165, 1.54) is 13.4 Å². The van der Waals surface area contributed by atoms with Crippen LogP contribution in [-0.2, 0) is 6.42 Å². The lowest BCUT2D eigenvalue weighted by Gasteiger charge is -2.23. The van der Waals surface area contributed by atoms with Gasteiger partial charge in [0, 0.05) is 19.7 Å². The second-order valence-electron chi connectivity index (χ2n) is 4.00. The first kappa shape index (κ1) is 14.5. The number of anilines is 2. The third kappa shape index (κ3) is 3.75. The molecule has 0 bridgehead atoms. The van der Waals surface area contributed by atoms with Gasteiger partial charge in [0.05, 0.1) is 0 Å². The van der Waals surface area contributed by atoms with Gasteiger partial charge in [-0.05, 0) is 6.42 Å². The van der Waals surface area contributed by atoms with E-state index in [9.17, 15) is 13.2 Å². The van der Waals surface area contributed by atoms with Crippen LogP contribution in [0.4, 0.5) is 24.8 Å². The first-order chi connectivity index (χ1) is 8.39. The molecular formula is C11H17F3N4. The maximum atomic E-state index is 12.4. The van der Waals surface area contributed by atoms with Crippen molar-refractivity contribution in [2.45, 2.75) is 25.9 Å². The van der Waals surface area contributed by atoms with Gasteiger partial charge in [-0.15, -0.1) is 0 Å². The quantitative estimate of drug-likeness (QED) is 0.885. The maximum absolute atomic E-state index is 12.4. The van der Waals surface area contributed by atoms with Crippen LogP contribution in [0.5, 0.6) is 0 Å². The van der Waals surface area contributed by atoms with Gasteiger partial charge in [-0.3, -0.25) is 0 Å². The van der Waals surface area contributed by atoms with Crippen LogP contribution in [0.3, 0.4) is 0 Å². The standard InChI is InChI=1S/C11H17F3N4/c1-4-5-8-9(15-2)16-7-17-10(8)18(3)6-11(12,13)14/h7H,4-6H2,1-3H3,(H,15,16,17). The number of aromatic nitrogens is 2. The zero-order chi connectivity index (χ0) is 13.8. The summed E-state index contributed by atoms with van der Waals surface area (Å²) in [5.41, 5.74) is 0.717. The average Bonchev–Trinajstić information content (AvgIpc) is 2.27. The second-order valence-corrected chi connectivity index (χ2v) is 4.00. The molecule has 1 aromatic heterocycles. The third-order valence-electron chi connectivity index (χ3n) is 2.44. The van der Waals surface area contributed by atoms with Gasteiger partial charge in [0.15, 0.2) is 0 Å². The Morgan fingerprint density at radius 3 is 2.50 bits per heavy atom. The lowest BCUT2D eigenvalue weighted by atomic mass is 10.1. The van der Waals surface area contributed by atoms with E-state index >= 15 is 0 Å². The molecule has 4 nitrogen and oxygen atoms in total. The highest BCUT2D eigenvalue weighted by atomic mass is 19.4. The van der Waals surface area contributed by atoms with Gasteiger partial charge in [0.25, 0.3) is 0 Å². The monoisotopic (exact) mass is 262 g/mol. The summed E-state index contributed by atoms with van der Waals surface area (Å²) in [6.45, 7) is 0.934. The van der Waals surface area contributed by atoms with Crippen molar-refractivity contribution in [2.75, 3.05) is 30.9 Å². The van der Waals surface area contributed by atoms with E-state index in [1.807, 2.05) is 6.92 Å². The highest BCUT2D eigenvalue weighted by Crippen LogP contribution is 2.26. The van der Waals surface area contributed by atoms with Crippen molar-refractivity contribution in [3.63, 3.8) is 0 Å². The summed E-state index contributed by atoms with van der Waals surface area (Å²) in [5.74, 6) is 0.907. The molecule has 0 spiro atoms. The SMILES string of the molecule is CCCc1c(NC)ncnc1N(C)CC(F)(F)F. The molecule has 0 aliphatic carbocycles. The Hall–Kier alpha value is -1.53. The van der Waals surface area contributed by atoms with Gasteiger partial charge in [0.1, 0.15) is 24.5 Å². The van der Waals surface area contributed by atoms with E-state index in [0.29, 0.717) is 23.6 Å². The molecule has 0 saturated heterocycles. The second kappa shape index (κ2) is 5.88. The molecule has 0 aliphatic rings. The fourth-order valence-corrected chi connectivity index (χ4v) is 1.77. The minimum atomic E-state index is -4.25. The fourth-order valence-electron chi connectivity index (χ4n) is 1.77. The maximum Gasteiger partial charge on any atom is 0.405 e. The van der Waals surface area contributed by atoms with Gasteiger partial charge in [0.2, 0.25) is 0 Å². The number of hydrogen-bond donors (Lipinski definition) is 1. The van der Waals surface area contributed by atoms with Gasteiger partial charge in [-0.1, -0.05) is 13.3 Å². The molecule has 102 valence electrons. The van der Waals surface area contributed by atoms with Gasteiger partial charge >= 0.3 is 6.18 Å². The van der Waals surface area contributed by atoms with E-state index < -0.39 is 12.7 Å². The van der Waals surface area contributed by atoms with E-state index in [4.69, 9.17) is 0 Å². The molecule has 1 aromatic rings. The van der Waals surface area contributed by atoms with Gasteiger partial charge in [-0.2, -0.15) is 13.2 Å². The smallest absolute Gasteiger partial charge is 0.373 e. The van der Waals surface area contributed by atoms with Crippen LogP contribution in [0, 0.1) is 0 Å². The van der Waals surface area contributed by atoms with Crippen LogP contribution in [0.15, 0.2) is 6.33 Å². The van der Waals surface area contributed by atoms with Crippen molar-refractivity contribution in [2.24, 2.45) is 0 Å². The summed E-state index contributed by atoms with van der Waals surface area (Å²) < 4.78 is 37.2. The Labute approximate surface area is 104 Å². The summed E-state index contributed by atoms with van der Waals surface area (Å²) in [6.07, 6.45) is -1.53. The Kier molecular flexibility index (Phi) is 4.75. The lowest BCUT2D eigenvalue weighted by molar-refractivity contribution is -0.119. The summed E-state index contributed by atoms with van der Waals surface area (Å²) >= 11 is 0. The van der Waals surface area contributed by atoms with Crippen molar-refractivity contribution >= 4 is 11.6 Å². The van der Waals surface area contributed by atoms with E-state index in [-0.39, 0.29) is 0 Å². The van der Waals surface area contributed by atoms with E-state index in [1.54, 1.807) is 7.05 Å². The number of rotatable bonds is 5. The molecule has 7 heteroatoms. The Bertz CT molecular complexity index is 392. The van der Waals surface area contributed by atoms with Crippen molar-refractivity contribution in [3.8, 4) is 0 Å². The molecule has 0 aliphatic heterocycles. The largest absolute Gasteiger partial charge is 0.405 e. The summed E-state index contributed by atoms with van der Waals surface area (Å²) in [4.78, 5) is 9.09. The first-order valence-corrected chi connectivity index (χ1v) is 5.68. The first-order valence-electron chi connectivity index (χ1n) is 5.68. The van der Waals surface area contributed by atoms with Crippen LogP contribution in [-0.4, -0.2) is 36.8 Å². The highest BCUT2D eigenvalue weighted by molar-refractivity contribution is 5.58. The molecule has 0 fully saturated rings. The zero-order valence-corrected chi connectivity index (χ0v) is 10.7. The minimum Gasteiger partial charge on any atom is -0.373 e. The van der Waals surface area contributed by atoms with Crippen LogP contribution >= 0.6 is 0 Å². The Morgan fingerprint density at radius 1 is 1.33 bits per heavy atom. The molecule has 0 amide bonds.